The van der Waals surface area contributed by atoms with Crippen LogP contribution >= 0.6 is 11.3 Å². The van der Waals surface area contributed by atoms with Crippen molar-refractivity contribution >= 4 is 28.2 Å². The second kappa shape index (κ2) is 8.16. The monoisotopic (exact) mass is 316 g/mol. The van der Waals surface area contributed by atoms with Gasteiger partial charge in [0.15, 0.2) is 5.13 Å². The number of amides is 1. The van der Waals surface area contributed by atoms with Gasteiger partial charge in [-0.2, -0.15) is 0 Å². The Kier molecular flexibility index (Phi) is 6.86. The molecule has 0 saturated heterocycles. The van der Waals surface area contributed by atoms with Crippen LogP contribution in [0.15, 0.2) is 0 Å². The molecule has 1 aromatic rings. The Morgan fingerprint density at radius 1 is 1.33 bits per heavy atom. The summed E-state index contributed by atoms with van der Waals surface area (Å²) in [5.74, 6) is 0.00634. The summed E-state index contributed by atoms with van der Waals surface area (Å²) < 4.78 is 10.1. The topological polar surface area (TPSA) is 98.5 Å². The number of rotatable bonds is 8. The molecule has 0 bridgehead atoms. The Hall–Kier alpha value is -1.38. The van der Waals surface area contributed by atoms with Crippen LogP contribution in [-0.4, -0.2) is 49.9 Å². The highest BCUT2D eigenvalue weighted by atomic mass is 32.1. The molecule has 0 fully saturated rings. The molecule has 0 atom stereocenters. The lowest BCUT2D eigenvalue weighted by Gasteiger charge is -2.19. The lowest BCUT2D eigenvalue weighted by Crippen LogP contribution is -2.27. The molecule has 8 heteroatoms. The summed E-state index contributed by atoms with van der Waals surface area (Å²) in [4.78, 5) is 16.6. The number of nitrogens with one attached hydrogen (secondary N) is 2. The van der Waals surface area contributed by atoms with E-state index in [4.69, 9.17) is 15.2 Å². The van der Waals surface area contributed by atoms with E-state index in [1.807, 2.05) is 20.8 Å². The van der Waals surface area contributed by atoms with Gasteiger partial charge in [-0.15, -0.1) is 0 Å². The molecule has 1 aromatic heterocycles. The quantitative estimate of drug-likeness (QED) is 0.626. The van der Waals surface area contributed by atoms with Crippen LogP contribution in [0.4, 0.5) is 10.9 Å². The number of methoxy groups -OCH3 is 1. The van der Waals surface area contributed by atoms with Gasteiger partial charge in [0.25, 0.3) is 5.91 Å². The maximum absolute atomic E-state index is 12.0. The molecule has 7 nitrogen and oxygen atoms in total. The number of hydrogen-bond acceptors (Lipinski definition) is 7. The van der Waals surface area contributed by atoms with Gasteiger partial charge in [0, 0.05) is 19.2 Å². The predicted octanol–water partition coefficient (Wildman–Crippen LogP) is 1.33. The van der Waals surface area contributed by atoms with Crippen LogP contribution in [0.1, 0.15) is 30.4 Å². The van der Waals surface area contributed by atoms with Crippen molar-refractivity contribution in [1.29, 1.82) is 0 Å². The highest BCUT2D eigenvalue weighted by Crippen LogP contribution is 2.26. The van der Waals surface area contributed by atoms with Crippen molar-refractivity contribution in [1.82, 2.24) is 10.3 Å². The van der Waals surface area contributed by atoms with Gasteiger partial charge >= 0.3 is 0 Å². The molecule has 21 heavy (non-hydrogen) atoms. The smallest absolute Gasteiger partial charge is 0.265 e. The van der Waals surface area contributed by atoms with Crippen molar-refractivity contribution in [3.05, 3.63) is 4.88 Å². The Balaban J connectivity index is 2.43. The van der Waals surface area contributed by atoms with Gasteiger partial charge in [-0.05, 0) is 20.8 Å². The van der Waals surface area contributed by atoms with Crippen LogP contribution in [0.25, 0.3) is 0 Å². The third kappa shape index (κ3) is 6.74. The van der Waals surface area contributed by atoms with Crippen LogP contribution < -0.4 is 16.4 Å². The van der Waals surface area contributed by atoms with E-state index < -0.39 is 0 Å². The molecule has 0 aliphatic carbocycles. The minimum absolute atomic E-state index is 0.132. The molecule has 120 valence electrons. The Labute approximate surface area is 129 Å². The van der Waals surface area contributed by atoms with Crippen LogP contribution in [0.2, 0.25) is 0 Å². The van der Waals surface area contributed by atoms with Crippen LogP contribution in [0.3, 0.4) is 0 Å². The lowest BCUT2D eigenvalue weighted by molar-refractivity contribution is 0.0693. The van der Waals surface area contributed by atoms with Gasteiger partial charge in [-0.1, -0.05) is 11.3 Å². The Morgan fingerprint density at radius 2 is 2.05 bits per heavy atom. The van der Waals surface area contributed by atoms with E-state index in [9.17, 15) is 4.79 Å². The number of anilines is 2. The van der Waals surface area contributed by atoms with Gasteiger partial charge in [0.2, 0.25) is 0 Å². The summed E-state index contributed by atoms with van der Waals surface area (Å²) in [6.07, 6.45) is 0. The van der Waals surface area contributed by atoms with E-state index in [2.05, 4.69) is 15.6 Å². The first-order chi connectivity index (χ1) is 9.83. The fourth-order valence-electron chi connectivity index (χ4n) is 1.43. The summed E-state index contributed by atoms with van der Waals surface area (Å²) in [7, 11) is 1.61. The number of nitrogens with two attached hydrogens (primary N) is 1. The minimum Gasteiger partial charge on any atom is -0.382 e. The van der Waals surface area contributed by atoms with Crippen LogP contribution in [-0.2, 0) is 9.47 Å². The molecule has 0 radical (unpaired) electrons. The largest absolute Gasteiger partial charge is 0.382 e. The van der Waals surface area contributed by atoms with E-state index >= 15 is 0 Å². The zero-order valence-corrected chi connectivity index (χ0v) is 13.8. The number of hydrogen-bond donors (Lipinski definition) is 3. The highest BCUT2D eigenvalue weighted by Gasteiger charge is 2.18. The predicted molar refractivity (Wildman–Crippen MR) is 84.9 cm³/mol. The third-order valence-corrected chi connectivity index (χ3v) is 3.29. The molecule has 0 aliphatic rings. The second-order valence-electron chi connectivity index (χ2n) is 5.47. The molecule has 4 N–H and O–H groups in total. The summed E-state index contributed by atoms with van der Waals surface area (Å²) in [5, 5.41) is 6.59. The van der Waals surface area contributed by atoms with Crippen molar-refractivity contribution in [3.63, 3.8) is 0 Å². The van der Waals surface area contributed by atoms with Crippen LogP contribution in [0, 0.1) is 0 Å². The highest BCUT2D eigenvalue weighted by molar-refractivity contribution is 7.18. The number of thiazole rings is 1. The van der Waals surface area contributed by atoms with Gasteiger partial charge < -0.3 is 25.8 Å². The van der Waals surface area contributed by atoms with E-state index in [1.54, 1.807) is 7.11 Å². The molecule has 1 rings (SSSR count). The molecule has 0 aromatic carbocycles. The van der Waals surface area contributed by atoms with Gasteiger partial charge in [0.1, 0.15) is 10.7 Å². The van der Waals surface area contributed by atoms with Gasteiger partial charge in [-0.3, -0.25) is 4.79 Å². The number of carbonyl (C=O) groups excluding carboxylic acids is 1. The first-order valence-corrected chi connectivity index (χ1v) is 7.54. The van der Waals surface area contributed by atoms with Crippen molar-refractivity contribution in [2.24, 2.45) is 0 Å². The fraction of sp³-hybridized carbons (Fsp3) is 0.692. The van der Waals surface area contributed by atoms with E-state index in [0.717, 1.165) is 0 Å². The first kappa shape index (κ1) is 17.7. The molecule has 0 aliphatic heterocycles. The number of aromatic nitrogens is 1. The first-order valence-electron chi connectivity index (χ1n) is 6.73. The SMILES string of the molecule is COCCOCCNC(=O)c1sc(NC(C)(C)C)nc1N. The van der Waals surface area contributed by atoms with Crippen molar-refractivity contribution in [3.8, 4) is 0 Å². The van der Waals surface area contributed by atoms with Gasteiger partial charge in [-0.25, -0.2) is 4.98 Å². The molecular weight excluding hydrogens is 292 g/mol. The summed E-state index contributed by atoms with van der Waals surface area (Å²) in [5.41, 5.74) is 5.65. The van der Waals surface area contributed by atoms with Crippen molar-refractivity contribution in [2.75, 3.05) is 44.5 Å². The number of carbonyl (C=O) groups is 1. The summed E-state index contributed by atoms with van der Waals surface area (Å²) in [6.45, 7) is 7.94. The molecule has 0 saturated carbocycles. The molecule has 0 unspecified atom stereocenters. The maximum Gasteiger partial charge on any atom is 0.265 e. The van der Waals surface area contributed by atoms with E-state index in [0.29, 0.717) is 36.4 Å². The average Bonchev–Trinajstić information content (AvgIpc) is 2.72. The molecule has 1 heterocycles. The lowest BCUT2D eigenvalue weighted by atomic mass is 10.1. The average molecular weight is 316 g/mol. The van der Waals surface area contributed by atoms with Crippen molar-refractivity contribution in [2.45, 2.75) is 26.3 Å². The summed E-state index contributed by atoms with van der Waals surface area (Å²) >= 11 is 1.25. The number of nitrogen functional groups attached to an aromatic ring is 1. The van der Waals surface area contributed by atoms with E-state index in [1.165, 1.54) is 11.3 Å². The fourth-order valence-corrected chi connectivity index (χ4v) is 2.44. The van der Waals surface area contributed by atoms with Crippen LogP contribution in [0.5, 0.6) is 0 Å². The third-order valence-electron chi connectivity index (χ3n) is 2.31. The standard InChI is InChI=1S/C13H24N4O3S/c1-13(2,3)17-12-16-10(14)9(21-12)11(18)15-5-6-20-8-7-19-4/h5-8,14H2,1-4H3,(H,15,18)(H,16,17). The van der Waals surface area contributed by atoms with Gasteiger partial charge in [0.05, 0.1) is 19.8 Å². The normalized spacial score (nSPS) is 11.4. The summed E-state index contributed by atoms with van der Waals surface area (Å²) in [6, 6.07) is 0. The number of nitrogens with zero attached hydrogens (tertiary/aromatic N) is 1. The molecule has 1 amide bonds. The Morgan fingerprint density at radius 3 is 2.67 bits per heavy atom. The zero-order valence-electron chi connectivity index (χ0n) is 13.0. The maximum atomic E-state index is 12.0. The molecule has 0 spiro atoms. The van der Waals surface area contributed by atoms with Crippen molar-refractivity contribution < 1.29 is 14.3 Å². The zero-order chi connectivity index (χ0) is 15.9. The number of ether oxygens (including phenoxy) is 2. The molecular formula is C13H24N4O3S. The minimum atomic E-state index is -0.234. The van der Waals surface area contributed by atoms with E-state index in [-0.39, 0.29) is 17.3 Å². The second-order valence-corrected chi connectivity index (χ2v) is 6.47. The Bertz CT molecular complexity index is 457.